The standard InChI is InChI=1S/C24H16FN3/c25-19-12-9-17(10-13-19)23-21-7-3-4-8-22(21)24(28-27-23)26-20-14-11-16-5-1-2-6-18(16)15-20/h1-15H,(H,26,28). The van der Waals surface area contributed by atoms with Crippen molar-refractivity contribution in [3.05, 3.63) is 96.8 Å². The number of fused-ring (bicyclic) bond motifs is 2. The zero-order valence-electron chi connectivity index (χ0n) is 14.9. The summed E-state index contributed by atoms with van der Waals surface area (Å²) >= 11 is 0. The largest absolute Gasteiger partial charge is 0.338 e. The Bertz CT molecular complexity index is 1300. The second-order valence-electron chi connectivity index (χ2n) is 6.64. The lowest BCUT2D eigenvalue weighted by molar-refractivity contribution is 0.628. The van der Waals surface area contributed by atoms with Gasteiger partial charge in [0.2, 0.25) is 0 Å². The first-order chi connectivity index (χ1) is 13.8. The van der Waals surface area contributed by atoms with E-state index >= 15 is 0 Å². The molecule has 0 atom stereocenters. The molecule has 3 nitrogen and oxygen atoms in total. The van der Waals surface area contributed by atoms with E-state index in [1.807, 2.05) is 42.5 Å². The molecule has 0 aliphatic rings. The first-order valence-electron chi connectivity index (χ1n) is 9.05. The van der Waals surface area contributed by atoms with Crippen molar-refractivity contribution >= 4 is 33.1 Å². The molecule has 4 heteroatoms. The van der Waals surface area contributed by atoms with E-state index in [4.69, 9.17) is 0 Å². The van der Waals surface area contributed by atoms with E-state index in [0.29, 0.717) is 5.82 Å². The van der Waals surface area contributed by atoms with Gasteiger partial charge in [0.05, 0.1) is 0 Å². The highest BCUT2D eigenvalue weighted by atomic mass is 19.1. The van der Waals surface area contributed by atoms with Gasteiger partial charge < -0.3 is 5.32 Å². The number of hydrogen-bond acceptors (Lipinski definition) is 3. The molecule has 1 aromatic heterocycles. The van der Waals surface area contributed by atoms with Crippen LogP contribution in [0.15, 0.2) is 91.0 Å². The molecule has 4 aromatic carbocycles. The van der Waals surface area contributed by atoms with Crippen LogP contribution in [0.25, 0.3) is 32.8 Å². The molecule has 0 bridgehead atoms. The van der Waals surface area contributed by atoms with E-state index in [2.05, 4.69) is 39.8 Å². The zero-order valence-corrected chi connectivity index (χ0v) is 14.9. The maximum Gasteiger partial charge on any atom is 0.161 e. The molecule has 134 valence electrons. The molecule has 5 rings (SSSR count). The predicted molar refractivity (Wildman–Crippen MR) is 112 cm³/mol. The number of nitrogens with zero attached hydrogens (tertiary/aromatic N) is 2. The summed E-state index contributed by atoms with van der Waals surface area (Å²) in [7, 11) is 0. The van der Waals surface area contributed by atoms with E-state index < -0.39 is 0 Å². The average molecular weight is 365 g/mol. The Morgan fingerprint density at radius 3 is 2.18 bits per heavy atom. The molecule has 0 aliphatic carbocycles. The Balaban J connectivity index is 1.60. The van der Waals surface area contributed by atoms with Gasteiger partial charge in [0, 0.05) is 22.0 Å². The molecule has 0 aliphatic heterocycles. The number of aromatic nitrogens is 2. The number of anilines is 2. The SMILES string of the molecule is Fc1ccc(-c2nnc(Nc3ccc4ccccc4c3)c3ccccc23)cc1. The number of benzene rings is 4. The van der Waals surface area contributed by atoms with E-state index in [1.165, 1.54) is 17.5 Å². The van der Waals surface area contributed by atoms with Crippen molar-refractivity contribution in [3.8, 4) is 11.3 Å². The van der Waals surface area contributed by atoms with Crippen LogP contribution in [0.2, 0.25) is 0 Å². The summed E-state index contributed by atoms with van der Waals surface area (Å²) in [6.45, 7) is 0. The summed E-state index contributed by atoms with van der Waals surface area (Å²) in [5.41, 5.74) is 2.52. The van der Waals surface area contributed by atoms with Crippen molar-refractivity contribution in [1.82, 2.24) is 10.2 Å². The second-order valence-corrected chi connectivity index (χ2v) is 6.64. The lowest BCUT2D eigenvalue weighted by Gasteiger charge is -2.12. The summed E-state index contributed by atoms with van der Waals surface area (Å²) in [5, 5.41) is 16.5. The van der Waals surface area contributed by atoms with Crippen molar-refractivity contribution < 1.29 is 4.39 Å². The summed E-state index contributed by atoms with van der Waals surface area (Å²) in [6, 6.07) is 28.7. The topological polar surface area (TPSA) is 37.8 Å². The van der Waals surface area contributed by atoms with Crippen LogP contribution in [-0.2, 0) is 0 Å². The molecule has 1 heterocycles. The molecule has 0 spiro atoms. The van der Waals surface area contributed by atoms with Gasteiger partial charge in [-0.15, -0.1) is 10.2 Å². The molecular formula is C24H16FN3. The fourth-order valence-corrected chi connectivity index (χ4v) is 3.42. The highest BCUT2D eigenvalue weighted by molar-refractivity contribution is 6.01. The van der Waals surface area contributed by atoms with Crippen LogP contribution < -0.4 is 5.32 Å². The van der Waals surface area contributed by atoms with Crippen molar-refractivity contribution in [1.29, 1.82) is 0 Å². The third-order valence-corrected chi connectivity index (χ3v) is 4.82. The highest BCUT2D eigenvalue weighted by Crippen LogP contribution is 2.31. The molecule has 5 aromatic rings. The molecule has 0 unspecified atom stereocenters. The summed E-state index contributed by atoms with van der Waals surface area (Å²) in [4.78, 5) is 0. The first-order valence-corrected chi connectivity index (χ1v) is 9.05. The van der Waals surface area contributed by atoms with Gasteiger partial charge in [-0.25, -0.2) is 4.39 Å². The van der Waals surface area contributed by atoms with Gasteiger partial charge in [-0.05, 0) is 47.2 Å². The van der Waals surface area contributed by atoms with Crippen molar-refractivity contribution in [2.45, 2.75) is 0 Å². The Labute approximate surface area is 161 Å². The normalized spacial score (nSPS) is 11.0. The monoisotopic (exact) mass is 365 g/mol. The van der Waals surface area contributed by atoms with Gasteiger partial charge >= 0.3 is 0 Å². The Morgan fingerprint density at radius 1 is 0.643 bits per heavy atom. The van der Waals surface area contributed by atoms with Gasteiger partial charge in [-0.3, -0.25) is 0 Å². The zero-order chi connectivity index (χ0) is 18.9. The van der Waals surface area contributed by atoms with Crippen molar-refractivity contribution in [2.24, 2.45) is 0 Å². The second kappa shape index (κ2) is 6.74. The lowest BCUT2D eigenvalue weighted by atomic mass is 10.0. The van der Waals surface area contributed by atoms with E-state index in [1.54, 1.807) is 12.1 Å². The van der Waals surface area contributed by atoms with Crippen LogP contribution in [0.1, 0.15) is 0 Å². The average Bonchev–Trinajstić information content (AvgIpc) is 2.75. The molecule has 0 saturated carbocycles. The first kappa shape index (κ1) is 16.4. The molecular weight excluding hydrogens is 349 g/mol. The van der Waals surface area contributed by atoms with Crippen molar-refractivity contribution in [2.75, 3.05) is 5.32 Å². The number of rotatable bonds is 3. The van der Waals surface area contributed by atoms with Gasteiger partial charge in [-0.1, -0.05) is 54.6 Å². The Hall–Kier alpha value is -3.79. The maximum absolute atomic E-state index is 13.3. The highest BCUT2D eigenvalue weighted by Gasteiger charge is 2.11. The summed E-state index contributed by atoms with van der Waals surface area (Å²) in [6.07, 6.45) is 0. The summed E-state index contributed by atoms with van der Waals surface area (Å²) < 4.78 is 13.3. The van der Waals surface area contributed by atoms with Gasteiger partial charge in [0.1, 0.15) is 11.5 Å². The molecule has 0 amide bonds. The Kier molecular flexibility index (Phi) is 3.95. The number of nitrogens with one attached hydrogen (secondary N) is 1. The molecule has 0 radical (unpaired) electrons. The molecule has 28 heavy (non-hydrogen) atoms. The van der Waals surface area contributed by atoms with Gasteiger partial charge in [0.25, 0.3) is 0 Å². The van der Waals surface area contributed by atoms with Crippen LogP contribution in [0.5, 0.6) is 0 Å². The summed E-state index contributed by atoms with van der Waals surface area (Å²) in [5.74, 6) is 0.423. The Morgan fingerprint density at radius 2 is 1.36 bits per heavy atom. The number of hydrogen-bond donors (Lipinski definition) is 1. The lowest BCUT2D eigenvalue weighted by Crippen LogP contribution is -1.99. The van der Waals surface area contributed by atoms with Crippen molar-refractivity contribution in [3.63, 3.8) is 0 Å². The van der Waals surface area contributed by atoms with E-state index in [-0.39, 0.29) is 5.82 Å². The molecule has 1 N–H and O–H groups in total. The minimum absolute atomic E-state index is 0.268. The smallest absolute Gasteiger partial charge is 0.161 e. The number of halogens is 1. The fourth-order valence-electron chi connectivity index (χ4n) is 3.42. The molecule has 0 saturated heterocycles. The van der Waals surface area contributed by atoms with Crippen LogP contribution in [-0.4, -0.2) is 10.2 Å². The third-order valence-electron chi connectivity index (χ3n) is 4.82. The van der Waals surface area contributed by atoms with Gasteiger partial charge in [0.15, 0.2) is 5.82 Å². The van der Waals surface area contributed by atoms with Crippen LogP contribution in [0, 0.1) is 5.82 Å². The predicted octanol–water partition coefficient (Wildman–Crippen LogP) is 6.33. The maximum atomic E-state index is 13.3. The third kappa shape index (κ3) is 2.95. The minimum atomic E-state index is -0.268. The molecule has 0 fully saturated rings. The van der Waals surface area contributed by atoms with E-state index in [9.17, 15) is 4.39 Å². The minimum Gasteiger partial charge on any atom is -0.338 e. The van der Waals surface area contributed by atoms with Crippen LogP contribution in [0.4, 0.5) is 15.9 Å². The van der Waals surface area contributed by atoms with Gasteiger partial charge in [-0.2, -0.15) is 0 Å². The fraction of sp³-hybridized carbons (Fsp3) is 0. The quantitative estimate of drug-likeness (QED) is 0.406. The van der Waals surface area contributed by atoms with Crippen LogP contribution >= 0.6 is 0 Å². The van der Waals surface area contributed by atoms with E-state index in [0.717, 1.165) is 33.1 Å². The van der Waals surface area contributed by atoms with Crippen LogP contribution in [0.3, 0.4) is 0 Å².